The van der Waals surface area contributed by atoms with Crippen molar-refractivity contribution in [1.82, 2.24) is 14.7 Å². The molecule has 2 rings (SSSR count). The summed E-state index contributed by atoms with van der Waals surface area (Å²) in [4.78, 5) is 2.01. The van der Waals surface area contributed by atoms with Gasteiger partial charge in [0, 0.05) is 24.8 Å². The largest absolute Gasteiger partial charge is 0.416 e. The second kappa shape index (κ2) is 7.14. The lowest BCUT2D eigenvalue weighted by Gasteiger charge is -2.16. The van der Waals surface area contributed by atoms with Crippen molar-refractivity contribution in [3.63, 3.8) is 0 Å². The van der Waals surface area contributed by atoms with Gasteiger partial charge >= 0.3 is 6.18 Å². The molecule has 1 heterocycles. The van der Waals surface area contributed by atoms with E-state index in [0.717, 1.165) is 29.0 Å². The van der Waals surface area contributed by atoms with Crippen LogP contribution >= 0.6 is 0 Å². The number of halogens is 3. The highest BCUT2D eigenvalue weighted by molar-refractivity contribution is 5.24. The van der Waals surface area contributed by atoms with Gasteiger partial charge in [0.2, 0.25) is 0 Å². The first-order valence-electron chi connectivity index (χ1n) is 7.28. The highest BCUT2D eigenvalue weighted by Gasteiger charge is 2.29. The lowest BCUT2D eigenvalue weighted by Crippen LogP contribution is -2.17. The zero-order valence-electron chi connectivity index (χ0n) is 13.1. The van der Waals surface area contributed by atoms with Crippen molar-refractivity contribution in [3.05, 3.63) is 52.8 Å². The Labute approximate surface area is 133 Å². The van der Waals surface area contributed by atoms with Crippen molar-refractivity contribution in [2.75, 3.05) is 13.7 Å². The first-order chi connectivity index (χ1) is 10.8. The van der Waals surface area contributed by atoms with Gasteiger partial charge in [0.05, 0.1) is 24.4 Å². The van der Waals surface area contributed by atoms with E-state index >= 15 is 0 Å². The van der Waals surface area contributed by atoms with Crippen LogP contribution in [0.2, 0.25) is 0 Å². The number of nitrogens with zero attached hydrogens (tertiary/aromatic N) is 3. The first-order valence-corrected chi connectivity index (χ1v) is 7.28. The Kier molecular flexibility index (Phi) is 5.43. The summed E-state index contributed by atoms with van der Waals surface area (Å²) in [5.41, 5.74) is 2.11. The molecule has 0 saturated heterocycles. The van der Waals surface area contributed by atoms with Crippen molar-refractivity contribution in [3.8, 4) is 0 Å². The molecule has 0 amide bonds. The molecular formula is C16H20F3N3O. The van der Waals surface area contributed by atoms with Gasteiger partial charge in [-0.05, 0) is 31.7 Å². The normalized spacial score (nSPS) is 12.1. The Morgan fingerprint density at radius 1 is 1.17 bits per heavy atom. The molecule has 0 aliphatic carbocycles. The monoisotopic (exact) mass is 327 g/mol. The van der Waals surface area contributed by atoms with Gasteiger partial charge in [-0.25, -0.2) is 0 Å². The van der Waals surface area contributed by atoms with E-state index in [1.807, 2.05) is 25.1 Å². The van der Waals surface area contributed by atoms with Crippen LogP contribution < -0.4 is 0 Å². The SMILES string of the molecule is Cc1nn(CCO)cc1CN(C)Cc1ccc(C(F)(F)F)cc1. The summed E-state index contributed by atoms with van der Waals surface area (Å²) in [5, 5.41) is 13.2. The molecule has 0 atom stereocenters. The summed E-state index contributed by atoms with van der Waals surface area (Å²) >= 11 is 0. The highest BCUT2D eigenvalue weighted by atomic mass is 19.4. The first kappa shape index (κ1) is 17.5. The molecule has 2 aromatic rings. The molecule has 0 fully saturated rings. The van der Waals surface area contributed by atoms with E-state index in [4.69, 9.17) is 5.11 Å². The fourth-order valence-corrected chi connectivity index (χ4v) is 2.39. The van der Waals surface area contributed by atoms with Gasteiger partial charge in [-0.15, -0.1) is 0 Å². The predicted octanol–water partition coefficient (Wildman–Crippen LogP) is 2.83. The Bertz CT molecular complexity index is 635. The van der Waals surface area contributed by atoms with E-state index in [1.54, 1.807) is 4.68 Å². The third kappa shape index (κ3) is 4.80. The molecule has 0 spiro atoms. The summed E-state index contributed by atoms with van der Waals surface area (Å²) in [6.45, 7) is 3.56. The molecule has 0 saturated carbocycles. The van der Waals surface area contributed by atoms with Crippen molar-refractivity contribution >= 4 is 0 Å². The fraction of sp³-hybridized carbons (Fsp3) is 0.438. The Balaban J connectivity index is 1.98. The zero-order valence-corrected chi connectivity index (χ0v) is 13.1. The van der Waals surface area contributed by atoms with E-state index < -0.39 is 11.7 Å². The van der Waals surface area contributed by atoms with Gasteiger partial charge in [0.15, 0.2) is 0 Å². The molecule has 126 valence electrons. The number of aromatic nitrogens is 2. The number of rotatable bonds is 6. The number of hydrogen-bond acceptors (Lipinski definition) is 3. The van der Waals surface area contributed by atoms with Crippen LogP contribution in [0.3, 0.4) is 0 Å². The minimum atomic E-state index is -4.30. The zero-order chi connectivity index (χ0) is 17.0. The van der Waals surface area contributed by atoms with E-state index in [1.165, 1.54) is 12.1 Å². The maximum atomic E-state index is 12.5. The van der Waals surface area contributed by atoms with Gasteiger partial charge in [-0.1, -0.05) is 12.1 Å². The molecule has 0 bridgehead atoms. The fourth-order valence-electron chi connectivity index (χ4n) is 2.39. The van der Waals surface area contributed by atoms with Crippen LogP contribution in [-0.2, 0) is 25.8 Å². The van der Waals surface area contributed by atoms with Crippen LogP contribution in [0.15, 0.2) is 30.5 Å². The summed E-state index contributed by atoms with van der Waals surface area (Å²) in [5.74, 6) is 0. The standard InChI is InChI=1S/C16H20F3N3O/c1-12-14(11-22(20-12)7-8-23)10-21(2)9-13-3-5-15(6-4-13)16(17,18)19/h3-6,11,23H,7-10H2,1-2H3. The van der Waals surface area contributed by atoms with Crippen LogP contribution in [0, 0.1) is 6.92 Å². The molecule has 1 aromatic carbocycles. The van der Waals surface area contributed by atoms with Gasteiger partial charge in [-0.3, -0.25) is 9.58 Å². The molecule has 4 nitrogen and oxygen atoms in total. The maximum absolute atomic E-state index is 12.5. The number of aliphatic hydroxyl groups excluding tert-OH is 1. The summed E-state index contributed by atoms with van der Waals surface area (Å²) in [6, 6.07) is 5.21. The number of aliphatic hydroxyl groups is 1. The average molecular weight is 327 g/mol. The minimum Gasteiger partial charge on any atom is -0.394 e. The summed E-state index contributed by atoms with van der Waals surface area (Å²) in [7, 11) is 1.90. The smallest absolute Gasteiger partial charge is 0.394 e. The number of aryl methyl sites for hydroxylation is 1. The number of benzene rings is 1. The van der Waals surface area contributed by atoms with E-state index in [0.29, 0.717) is 19.6 Å². The molecule has 0 aliphatic heterocycles. The molecule has 1 aromatic heterocycles. The van der Waals surface area contributed by atoms with Crippen molar-refractivity contribution in [2.45, 2.75) is 32.7 Å². The average Bonchev–Trinajstić information content (AvgIpc) is 2.78. The minimum absolute atomic E-state index is 0.0297. The van der Waals surface area contributed by atoms with E-state index in [9.17, 15) is 13.2 Å². The van der Waals surface area contributed by atoms with Crippen LogP contribution in [-0.4, -0.2) is 33.4 Å². The lowest BCUT2D eigenvalue weighted by molar-refractivity contribution is -0.137. The number of alkyl halides is 3. The van der Waals surface area contributed by atoms with Gasteiger partial charge in [0.25, 0.3) is 0 Å². The second-order valence-corrected chi connectivity index (χ2v) is 5.59. The Morgan fingerprint density at radius 3 is 2.39 bits per heavy atom. The maximum Gasteiger partial charge on any atom is 0.416 e. The quantitative estimate of drug-likeness (QED) is 0.887. The lowest BCUT2D eigenvalue weighted by atomic mass is 10.1. The predicted molar refractivity (Wildman–Crippen MR) is 80.7 cm³/mol. The molecule has 0 radical (unpaired) electrons. The topological polar surface area (TPSA) is 41.3 Å². The highest BCUT2D eigenvalue weighted by Crippen LogP contribution is 2.29. The van der Waals surface area contributed by atoms with Crippen molar-refractivity contribution in [2.24, 2.45) is 0 Å². The van der Waals surface area contributed by atoms with Gasteiger partial charge < -0.3 is 5.11 Å². The van der Waals surface area contributed by atoms with Crippen molar-refractivity contribution in [1.29, 1.82) is 0 Å². The van der Waals surface area contributed by atoms with E-state index in [2.05, 4.69) is 5.10 Å². The van der Waals surface area contributed by atoms with Crippen LogP contribution in [0.1, 0.15) is 22.4 Å². The van der Waals surface area contributed by atoms with Gasteiger partial charge in [-0.2, -0.15) is 18.3 Å². The third-order valence-electron chi connectivity index (χ3n) is 3.55. The molecule has 7 heteroatoms. The number of hydrogen-bond donors (Lipinski definition) is 1. The molecular weight excluding hydrogens is 307 g/mol. The second-order valence-electron chi connectivity index (χ2n) is 5.59. The van der Waals surface area contributed by atoms with Crippen molar-refractivity contribution < 1.29 is 18.3 Å². The third-order valence-corrected chi connectivity index (χ3v) is 3.55. The van der Waals surface area contributed by atoms with Crippen LogP contribution in [0.5, 0.6) is 0 Å². The molecule has 0 unspecified atom stereocenters. The van der Waals surface area contributed by atoms with E-state index in [-0.39, 0.29) is 6.61 Å². The molecule has 1 N–H and O–H groups in total. The molecule has 0 aliphatic rings. The Hall–Kier alpha value is -1.86. The molecule has 23 heavy (non-hydrogen) atoms. The van der Waals surface area contributed by atoms with Gasteiger partial charge in [0.1, 0.15) is 0 Å². The Morgan fingerprint density at radius 2 is 1.83 bits per heavy atom. The summed E-state index contributed by atoms with van der Waals surface area (Å²) < 4.78 is 39.3. The summed E-state index contributed by atoms with van der Waals surface area (Å²) in [6.07, 6.45) is -2.42. The van der Waals surface area contributed by atoms with Crippen LogP contribution in [0.4, 0.5) is 13.2 Å². The van der Waals surface area contributed by atoms with Crippen LogP contribution in [0.25, 0.3) is 0 Å².